The van der Waals surface area contributed by atoms with Crippen LogP contribution < -0.4 is 10.2 Å². The van der Waals surface area contributed by atoms with Gasteiger partial charge in [-0.1, -0.05) is 13.8 Å². The van der Waals surface area contributed by atoms with Gasteiger partial charge in [0.1, 0.15) is 5.69 Å². The van der Waals surface area contributed by atoms with Gasteiger partial charge in [-0.05, 0) is 31.2 Å². The second kappa shape index (κ2) is 8.47. The topological polar surface area (TPSA) is 76.5 Å². The Labute approximate surface area is 171 Å². The highest BCUT2D eigenvalue weighted by Crippen LogP contribution is 2.32. The molecule has 2 amide bonds. The number of carbonyl (C=O) groups excluding carboxylic acids is 2. The molecule has 0 bridgehead atoms. The number of carbonyl (C=O) groups is 2. The fraction of sp³-hybridized carbons (Fsp3) is 0.450. The number of nitrogens with zero attached hydrogens (tertiary/aromatic N) is 3. The summed E-state index contributed by atoms with van der Waals surface area (Å²) in [5.74, 6) is -0.908. The Kier molecular flexibility index (Phi) is 6.16. The van der Waals surface area contributed by atoms with Crippen molar-refractivity contribution in [3.63, 3.8) is 0 Å². The van der Waals surface area contributed by atoms with Crippen molar-refractivity contribution in [2.75, 3.05) is 24.7 Å². The van der Waals surface area contributed by atoms with E-state index in [4.69, 9.17) is 4.74 Å². The summed E-state index contributed by atoms with van der Waals surface area (Å²) < 4.78 is 44.9. The number of aromatic nitrogens is 2. The molecule has 30 heavy (non-hydrogen) atoms. The molecule has 162 valence electrons. The molecule has 2 aliphatic rings. The molecule has 1 unspecified atom stereocenters. The Morgan fingerprint density at radius 2 is 1.83 bits per heavy atom. The van der Waals surface area contributed by atoms with Crippen LogP contribution in [0.25, 0.3) is 0 Å². The smallest absolute Gasteiger partial charge is 0.377 e. The molecule has 1 N–H and O–H groups in total. The standard InChI is InChI=1S/C18H17F3N4O3.C2H6/c1-10-7-24(13-4-2-11(3-5-13)18(19,20)21)17(27)15-14(6-22-25(10)15)16(26)23-12-8-28-9-12;1-2/h2-6,10,12H,7-9H2,1H3,(H,23,26);1-2H3. The lowest BCUT2D eigenvalue weighted by Crippen LogP contribution is -2.49. The van der Waals surface area contributed by atoms with Gasteiger partial charge in [0.2, 0.25) is 0 Å². The van der Waals surface area contributed by atoms with Crippen LogP contribution in [0.4, 0.5) is 18.9 Å². The normalized spacial score (nSPS) is 18.8. The van der Waals surface area contributed by atoms with E-state index in [9.17, 15) is 22.8 Å². The minimum atomic E-state index is -4.45. The Hall–Kier alpha value is -2.88. The number of benzene rings is 1. The molecule has 0 aliphatic carbocycles. The fourth-order valence-electron chi connectivity index (χ4n) is 3.26. The first kappa shape index (κ1) is 21.8. The average Bonchev–Trinajstić information content (AvgIpc) is 3.15. The molecule has 0 spiro atoms. The largest absolute Gasteiger partial charge is 0.416 e. The minimum absolute atomic E-state index is 0.106. The summed E-state index contributed by atoms with van der Waals surface area (Å²) in [7, 11) is 0. The lowest BCUT2D eigenvalue weighted by molar-refractivity contribution is -0.137. The number of halogens is 3. The van der Waals surface area contributed by atoms with Crippen LogP contribution in [0.3, 0.4) is 0 Å². The maximum absolute atomic E-state index is 13.0. The van der Waals surface area contributed by atoms with E-state index < -0.39 is 23.6 Å². The first-order valence-electron chi connectivity index (χ1n) is 9.71. The third-order valence-corrected chi connectivity index (χ3v) is 4.83. The van der Waals surface area contributed by atoms with Crippen LogP contribution >= 0.6 is 0 Å². The summed E-state index contributed by atoms with van der Waals surface area (Å²) >= 11 is 0. The number of amides is 2. The highest BCUT2D eigenvalue weighted by molar-refractivity contribution is 6.12. The van der Waals surface area contributed by atoms with Gasteiger partial charge in [-0.25, -0.2) is 0 Å². The van der Waals surface area contributed by atoms with E-state index in [1.165, 1.54) is 27.9 Å². The molecule has 1 atom stereocenters. The summed E-state index contributed by atoms with van der Waals surface area (Å²) in [6, 6.07) is 4.02. The van der Waals surface area contributed by atoms with E-state index in [1.54, 1.807) is 0 Å². The van der Waals surface area contributed by atoms with Crippen LogP contribution in [-0.2, 0) is 10.9 Å². The molecule has 4 rings (SSSR count). The minimum Gasteiger partial charge on any atom is -0.377 e. The van der Waals surface area contributed by atoms with E-state index in [0.717, 1.165) is 12.1 Å². The van der Waals surface area contributed by atoms with Crippen molar-refractivity contribution in [1.29, 1.82) is 0 Å². The van der Waals surface area contributed by atoms with Gasteiger partial charge in [0.25, 0.3) is 11.8 Å². The van der Waals surface area contributed by atoms with Gasteiger partial charge in [-0.3, -0.25) is 14.3 Å². The monoisotopic (exact) mass is 424 g/mol. The number of rotatable bonds is 3. The zero-order chi connectivity index (χ0) is 22.1. The first-order chi connectivity index (χ1) is 14.3. The highest BCUT2D eigenvalue weighted by atomic mass is 19.4. The van der Waals surface area contributed by atoms with Crippen molar-refractivity contribution in [3.05, 3.63) is 47.3 Å². The number of hydrogen-bond acceptors (Lipinski definition) is 4. The molecular formula is C20H23F3N4O3. The van der Waals surface area contributed by atoms with Crippen molar-refractivity contribution in [3.8, 4) is 0 Å². The second-order valence-electron chi connectivity index (χ2n) is 6.87. The molecule has 0 saturated carbocycles. The van der Waals surface area contributed by atoms with Gasteiger partial charge in [0.05, 0.1) is 42.6 Å². The number of hydrogen-bond donors (Lipinski definition) is 1. The molecule has 7 nitrogen and oxygen atoms in total. The molecule has 1 saturated heterocycles. The van der Waals surface area contributed by atoms with E-state index in [-0.39, 0.29) is 29.9 Å². The highest BCUT2D eigenvalue weighted by Gasteiger charge is 2.36. The second-order valence-corrected chi connectivity index (χ2v) is 6.87. The summed E-state index contributed by atoms with van der Waals surface area (Å²) in [6.45, 7) is 6.88. The molecule has 1 aromatic heterocycles. The predicted octanol–water partition coefficient (Wildman–Crippen LogP) is 3.28. The van der Waals surface area contributed by atoms with Crippen molar-refractivity contribution < 1.29 is 27.5 Å². The van der Waals surface area contributed by atoms with Gasteiger partial charge in [-0.15, -0.1) is 0 Å². The Morgan fingerprint density at radius 1 is 1.20 bits per heavy atom. The van der Waals surface area contributed by atoms with Gasteiger partial charge in [-0.2, -0.15) is 18.3 Å². The van der Waals surface area contributed by atoms with Crippen molar-refractivity contribution in [1.82, 2.24) is 15.1 Å². The van der Waals surface area contributed by atoms with Crippen LogP contribution in [-0.4, -0.2) is 47.4 Å². The van der Waals surface area contributed by atoms with Crippen LogP contribution in [0, 0.1) is 0 Å². The lowest BCUT2D eigenvalue weighted by Gasteiger charge is -2.32. The maximum atomic E-state index is 13.0. The van der Waals surface area contributed by atoms with Gasteiger partial charge in [0.15, 0.2) is 0 Å². The summed E-state index contributed by atoms with van der Waals surface area (Å²) in [6.07, 6.45) is -3.11. The van der Waals surface area contributed by atoms with E-state index in [1.807, 2.05) is 20.8 Å². The molecule has 2 aromatic rings. The third-order valence-electron chi connectivity index (χ3n) is 4.83. The Balaban J connectivity index is 0.00000124. The summed E-state index contributed by atoms with van der Waals surface area (Å²) in [5.41, 5.74) is -0.200. The molecule has 1 aromatic carbocycles. The predicted molar refractivity (Wildman–Crippen MR) is 103 cm³/mol. The SMILES string of the molecule is CC.CC1CN(c2ccc(C(F)(F)F)cc2)C(=O)c2c(C(=O)NC3COC3)cnn21. The van der Waals surface area contributed by atoms with Gasteiger partial charge >= 0.3 is 6.18 Å². The summed E-state index contributed by atoms with van der Waals surface area (Å²) in [4.78, 5) is 26.9. The van der Waals surface area contributed by atoms with Crippen LogP contribution in [0.2, 0.25) is 0 Å². The first-order valence-corrected chi connectivity index (χ1v) is 9.71. The molecular weight excluding hydrogens is 401 g/mol. The molecule has 3 heterocycles. The molecule has 10 heteroatoms. The van der Waals surface area contributed by atoms with Crippen molar-refractivity contribution in [2.24, 2.45) is 0 Å². The lowest BCUT2D eigenvalue weighted by atomic mass is 10.1. The summed E-state index contributed by atoms with van der Waals surface area (Å²) in [5, 5.41) is 6.93. The van der Waals surface area contributed by atoms with Crippen LogP contribution in [0.1, 0.15) is 53.2 Å². The van der Waals surface area contributed by atoms with Crippen molar-refractivity contribution >= 4 is 17.5 Å². The molecule has 1 fully saturated rings. The number of anilines is 1. The zero-order valence-electron chi connectivity index (χ0n) is 16.9. The zero-order valence-corrected chi connectivity index (χ0v) is 16.9. The van der Waals surface area contributed by atoms with E-state index in [2.05, 4.69) is 10.4 Å². The quantitative estimate of drug-likeness (QED) is 0.821. The Morgan fingerprint density at radius 3 is 2.37 bits per heavy atom. The van der Waals surface area contributed by atoms with Crippen molar-refractivity contribution in [2.45, 2.75) is 39.0 Å². The van der Waals surface area contributed by atoms with Gasteiger partial charge < -0.3 is 15.0 Å². The number of fused-ring (bicyclic) bond motifs is 1. The number of alkyl halides is 3. The fourth-order valence-corrected chi connectivity index (χ4v) is 3.26. The third kappa shape index (κ3) is 4.04. The van der Waals surface area contributed by atoms with Crippen LogP contribution in [0.15, 0.2) is 30.5 Å². The van der Waals surface area contributed by atoms with E-state index in [0.29, 0.717) is 18.9 Å². The molecule has 0 radical (unpaired) electrons. The average molecular weight is 424 g/mol. The number of nitrogens with one attached hydrogen (secondary N) is 1. The van der Waals surface area contributed by atoms with Gasteiger partial charge in [0, 0.05) is 12.2 Å². The van der Waals surface area contributed by atoms with Crippen LogP contribution in [0.5, 0.6) is 0 Å². The molecule has 2 aliphatic heterocycles. The Bertz CT molecular complexity index is 920. The number of ether oxygens (including phenoxy) is 1. The van der Waals surface area contributed by atoms with E-state index >= 15 is 0 Å². The maximum Gasteiger partial charge on any atom is 0.416 e.